The number of hydrogen-bond acceptors (Lipinski definition) is 6. The summed E-state index contributed by atoms with van der Waals surface area (Å²) >= 11 is 0. The van der Waals surface area contributed by atoms with E-state index in [1.807, 2.05) is 18.2 Å². The Balaban J connectivity index is 1.74. The minimum absolute atomic E-state index is 0.128. The van der Waals surface area contributed by atoms with Crippen LogP contribution in [0, 0.1) is 0 Å². The Hall–Kier alpha value is -3.00. The first-order chi connectivity index (χ1) is 12.6. The first-order valence-electron chi connectivity index (χ1n) is 8.36. The maximum atomic E-state index is 12.8. The lowest BCUT2D eigenvalue weighted by Gasteiger charge is -2.32. The zero-order valence-electron chi connectivity index (χ0n) is 14.7. The highest BCUT2D eigenvalue weighted by Gasteiger charge is 2.27. The van der Waals surface area contributed by atoms with Crippen molar-refractivity contribution in [3.63, 3.8) is 0 Å². The number of anilines is 2. The molecular formula is C18H21N5O3. The van der Waals surface area contributed by atoms with Gasteiger partial charge in [0.15, 0.2) is 0 Å². The number of hydrogen-bond donors (Lipinski definition) is 2. The molecule has 26 heavy (non-hydrogen) atoms. The maximum Gasteiger partial charge on any atom is 0.254 e. The van der Waals surface area contributed by atoms with Gasteiger partial charge >= 0.3 is 0 Å². The normalized spacial score (nSPS) is 16.8. The molecule has 8 heteroatoms. The largest absolute Gasteiger partial charge is 0.373 e. The Bertz CT molecular complexity index is 811. The molecule has 2 aromatic heterocycles. The predicted octanol–water partition coefficient (Wildman–Crippen LogP) is 1.69. The third-order valence-corrected chi connectivity index (χ3v) is 4.02. The topological polar surface area (TPSA) is 96.5 Å². The Kier molecular flexibility index (Phi) is 5.43. The van der Waals surface area contributed by atoms with E-state index in [1.54, 1.807) is 24.1 Å². The van der Waals surface area contributed by atoms with Crippen molar-refractivity contribution in [2.45, 2.75) is 13.0 Å². The van der Waals surface area contributed by atoms with E-state index >= 15 is 0 Å². The maximum absolute atomic E-state index is 12.8. The van der Waals surface area contributed by atoms with Gasteiger partial charge in [-0.1, -0.05) is 6.07 Å². The fraction of sp³-hybridized carbons (Fsp3) is 0.333. The molecule has 3 heterocycles. The Morgan fingerprint density at radius 3 is 2.88 bits per heavy atom. The van der Waals surface area contributed by atoms with Crippen molar-refractivity contribution >= 4 is 23.5 Å². The molecule has 0 radical (unpaired) electrons. The van der Waals surface area contributed by atoms with Crippen molar-refractivity contribution in [1.29, 1.82) is 0 Å². The quantitative estimate of drug-likeness (QED) is 0.866. The molecule has 0 unspecified atom stereocenters. The molecule has 2 aromatic rings. The lowest BCUT2D eigenvalue weighted by molar-refractivity contribution is -0.114. The van der Waals surface area contributed by atoms with Gasteiger partial charge in [-0.15, -0.1) is 0 Å². The van der Waals surface area contributed by atoms with E-state index in [4.69, 9.17) is 4.74 Å². The Labute approximate surface area is 151 Å². The molecular weight excluding hydrogens is 334 g/mol. The van der Waals surface area contributed by atoms with Crippen molar-refractivity contribution < 1.29 is 14.3 Å². The van der Waals surface area contributed by atoms with E-state index in [2.05, 4.69) is 20.6 Å². The summed E-state index contributed by atoms with van der Waals surface area (Å²) in [6, 6.07) is 8.88. The number of aromatic nitrogens is 2. The van der Waals surface area contributed by atoms with Crippen LogP contribution in [-0.2, 0) is 9.53 Å². The molecule has 3 rings (SSSR count). The summed E-state index contributed by atoms with van der Waals surface area (Å²) in [4.78, 5) is 34.3. The Morgan fingerprint density at radius 2 is 2.12 bits per heavy atom. The van der Waals surface area contributed by atoms with E-state index < -0.39 is 0 Å². The number of nitrogens with zero attached hydrogens (tertiary/aromatic N) is 3. The smallest absolute Gasteiger partial charge is 0.254 e. The van der Waals surface area contributed by atoms with Gasteiger partial charge in [-0.05, 0) is 24.3 Å². The van der Waals surface area contributed by atoms with Gasteiger partial charge in [0.1, 0.15) is 17.7 Å². The highest BCUT2D eigenvalue weighted by atomic mass is 16.5. The lowest BCUT2D eigenvalue weighted by Crippen LogP contribution is -2.42. The molecule has 0 bridgehead atoms. The minimum Gasteiger partial charge on any atom is -0.373 e. The van der Waals surface area contributed by atoms with Crippen LogP contribution >= 0.6 is 0 Å². The highest BCUT2D eigenvalue weighted by molar-refractivity contribution is 5.96. The van der Waals surface area contributed by atoms with Crippen molar-refractivity contribution in [1.82, 2.24) is 14.9 Å². The van der Waals surface area contributed by atoms with Crippen LogP contribution in [0.2, 0.25) is 0 Å². The number of morpholine rings is 1. The van der Waals surface area contributed by atoms with Crippen LogP contribution in [0.4, 0.5) is 11.6 Å². The average Bonchev–Trinajstić information content (AvgIpc) is 2.67. The van der Waals surface area contributed by atoms with Crippen LogP contribution in [0.25, 0.3) is 0 Å². The number of pyridine rings is 2. The third kappa shape index (κ3) is 4.15. The van der Waals surface area contributed by atoms with Crippen molar-refractivity contribution in [3.05, 3.63) is 47.8 Å². The molecule has 1 aliphatic rings. The van der Waals surface area contributed by atoms with Crippen LogP contribution in [0.1, 0.15) is 29.1 Å². The monoisotopic (exact) mass is 355 g/mol. The fourth-order valence-electron chi connectivity index (χ4n) is 2.78. The van der Waals surface area contributed by atoms with Gasteiger partial charge in [-0.25, -0.2) is 9.97 Å². The molecule has 1 saturated heterocycles. The summed E-state index contributed by atoms with van der Waals surface area (Å²) in [7, 11) is 1.81. The van der Waals surface area contributed by atoms with E-state index in [9.17, 15) is 9.59 Å². The summed E-state index contributed by atoms with van der Waals surface area (Å²) in [5.41, 5.74) is 1.25. The van der Waals surface area contributed by atoms with Crippen LogP contribution in [0.3, 0.4) is 0 Å². The fourth-order valence-corrected chi connectivity index (χ4v) is 2.78. The van der Waals surface area contributed by atoms with E-state index in [0.29, 0.717) is 31.1 Å². The molecule has 0 spiro atoms. The number of carbonyl (C=O) groups is 2. The lowest BCUT2D eigenvalue weighted by atomic mass is 10.1. The van der Waals surface area contributed by atoms with Crippen molar-refractivity contribution in [2.75, 3.05) is 37.4 Å². The van der Waals surface area contributed by atoms with Crippen LogP contribution < -0.4 is 10.6 Å². The number of rotatable bonds is 4. The van der Waals surface area contributed by atoms with Gasteiger partial charge in [-0.2, -0.15) is 0 Å². The molecule has 1 aliphatic heterocycles. The third-order valence-electron chi connectivity index (χ3n) is 4.02. The molecule has 136 valence electrons. The molecule has 1 atom stereocenters. The summed E-state index contributed by atoms with van der Waals surface area (Å²) in [6.07, 6.45) is 1.23. The van der Waals surface area contributed by atoms with Gasteiger partial charge < -0.3 is 20.3 Å². The number of nitrogens with one attached hydrogen (secondary N) is 2. The molecule has 1 fully saturated rings. The first-order valence-corrected chi connectivity index (χ1v) is 8.36. The molecule has 0 aromatic carbocycles. The van der Waals surface area contributed by atoms with Gasteiger partial charge in [0.05, 0.1) is 18.8 Å². The van der Waals surface area contributed by atoms with E-state index in [-0.39, 0.29) is 17.9 Å². The van der Waals surface area contributed by atoms with Crippen molar-refractivity contribution in [2.24, 2.45) is 0 Å². The summed E-state index contributed by atoms with van der Waals surface area (Å²) in [5.74, 6) is 0.751. The summed E-state index contributed by atoms with van der Waals surface area (Å²) < 4.78 is 5.80. The van der Waals surface area contributed by atoms with Crippen LogP contribution in [0.15, 0.2) is 36.5 Å². The zero-order valence-corrected chi connectivity index (χ0v) is 14.7. The standard InChI is InChI=1S/C18H21N5O3/c1-12(24)21-17-10-13(6-7-20-17)18(25)23-8-9-26-15(11-23)14-4-3-5-16(19-2)22-14/h3-7,10,15H,8-9,11H2,1-2H3,(H,19,22)(H,20,21,24)/t15-/m1/s1. The molecule has 2 amide bonds. The molecule has 0 saturated carbocycles. The molecule has 2 N–H and O–H groups in total. The van der Waals surface area contributed by atoms with Gasteiger partial charge in [-0.3, -0.25) is 9.59 Å². The highest BCUT2D eigenvalue weighted by Crippen LogP contribution is 2.23. The average molecular weight is 355 g/mol. The Morgan fingerprint density at radius 1 is 1.27 bits per heavy atom. The molecule has 0 aliphatic carbocycles. The van der Waals surface area contributed by atoms with E-state index in [1.165, 1.54) is 13.1 Å². The van der Waals surface area contributed by atoms with Crippen molar-refractivity contribution in [3.8, 4) is 0 Å². The number of amides is 2. The summed E-state index contributed by atoms with van der Waals surface area (Å²) in [5, 5.41) is 5.59. The minimum atomic E-state index is -0.280. The number of ether oxygens (including phenoxy) is 1. The zero-order chi connectivity index (χ0) is 18.5. The second-order valence-corrected chi connectivity index (χ2v) is 5.92. The molecule has 8 nitrogen and oxygen atoms in total. The van der Waals surface area contributed by atoms with Gasteiger partial charge in [0.25, 0.3) is 5.91 Å². The van der Waals surface area contributed by atoms with Gasteiger partial charge in [0.2, 0.25) is 5.91 Å². The van der Waals surface area contributed by atoms with Crippen LogP contribution in [0.5, 0.6) is 0 Å². The first kappa shape index (κ1) is 17.8. The summed E-state index contributed by atoms with van der Waals surface area (Å²) in [6.45, 7) is 2.75. The van der Waals surface area contributed by atoms with Gasteiger partial charge in [0, 0.05) is 32.3 Å². The second-order valence-electron chi connectivity index (χ2n) is 5.92. The number of carbonyl (C=O) groups excluding carboxylic acids is 2. The van der Waals surface area contributed by atoms with Crippen LogP contribution in [-0.4, -0.2) is 53.4 Å². The van der Waals surface area contributed by atoms with E-state index in [0.717, 1.165) is 11.5 Å². The predicted molar refractivity (Wildman–Crippen MR) is 96.9 cm³/mol. The SMILES string of the molecule is CNc1cccc([C@H]2CN(C(=O)c3ccnc(NC(C)=O)c3)CCO2)n1. The second kappa shape index (κ2) is 7.92.